The van der Waals surface area contributed by atoms with Gasteiger partial charge in [0.25, 0.3) is 0 Å². The molecule has 0 N–H and O–H groups in total. The molecule has 2 heterocycles. The van der Waals surface area contributed by atoms with E-state index in [0.717, 1.165) is 74.2 Å². The van der Waals surface area contributed by atoms with E-state index in [4.69, 9.17) is 19.4 Å². The monoisotopic (exact) mass is 587 g/mol. The van der Waals surface area contributed by atoms with Gasteiger partial charge in [0, 0.05) is 16.7 Å². The summed E-state index contributed by atoms with van der Waals surface area (Å²) in [5, 5.41) is 0. The fourth-order valence-corrected chi connectivity index (χ4v) is 6.06. The zero-order valence-electron chi connectivity index (χ0n) is 26.3. The van der Waals surface area contributed by atoms with Gasteiger partial charge < -0.3 is 4.42 Å². The Labute approximate surface area is 264 Å². The van der Waals surface area contributed by atoms with Gasteiger partial charge in [-0.15, -0.1) is 0 Å². The molecule has 0 unspecified atom stereocenters. The Bertz CT molecular complexity index is 2040. The first-order valence-electron chi connectivity index (χ1n) is 15.9. The van der Waals surface area contributed by atoms with E-state index in [-0.39, 0.29) is 0 Å². The summed E-state index contributed by atoms with van der Waals surface area (Å²) < 4.78 is 6.47. The molecule has 222 valence electrons. The number of hydrogen-bond acceptors (Lipinski definition) is 4. The first-order chi connectivity index (χ1) is 21.9. The molecule has 0 fully saturated rings. The number of benzene rings is 5. The van der Waals surface area contributed by atoms with Crippen molar-refractivity contribution < 1.29 is 4.42 Å². The summed E-state index contributed by atoms with van der Waals surface area (Å²) in [6.45, 7) is 8.98. The second-order valence-corrected chi connectivity index (χ2v) is 12.7. The van der Waals surface area contributed by atoms with Crippen LogP contribution in [0.4, 0.5) is 0 Å². The molecule has 0 bridgehead atoms. The Hall–Kier alpha value is -5.09. The van der Waals surface area contributed by atoms with Crippen LogP contribution in [0.5, 0.6) is 0 Å². The van der Waals surface area contributed by atoms with E-state index in [2.05, 4.69) is 100 Å². The second kappa shape index (κ2) is 12.1. The fraction of sp³-hybridized carbons (Fsp3) is 0.195. The number of hydrogen-bond donors (Lipinski definition) is 0. The summed E-state index contributed by atoms with van der Waals surface area (Å²) in [6, 6.07) is 39.9. The van der Waals surface area contributed by atoms with Crippen molar-refractivity contribution >= 4 is 22.1 Å². The second-order valence-electron chi connectivity index (χ2n) is 12.7. The topological polar surface area (TPSA) is 51.8 Å². The van der Waals surface area contributed by atoms with Gasteiger partial charge in [-0.25, -0.2) is 15.0 Å². The molecule has 45 heavy (non-hydrogen) atoms. The molecule has 4 heteroatoms. The van der Waals surface area contributed by atoms with Gasteiger partial charge in [-0.2, -0.15) is 0 Å². The number of fused-ring (bicyclic) bond motifs is 2. The lowest BCUT2D eigenvalue weighted by molar-refractivity contribution is 0.598. The third kappa shape index (κ3) is 5.88. The molecule has 0 aliphatic carbocycles. The lowest BCUT2D eigenvalue weighted by Crippen LogP contribution is -1.99. The highest BCUT2D eigenvalue weighted by Crippen LogP contribution is 2.34. The van der Waals surface area contributed by atoms with Crippen molar-refractivity contribution in [2.24, 2.45) is 11.8 Å². The van der Waals surface area contributed by atoms with Crippen LogP contribution in [0.3, 0.4) is 0 Å². The maximum absolute atomic E-state index is 6.47. The van der Waals surface area contributed by atoms with Crippen LogP contribution < -0.4 is 0 Å². The molecular formula is C41H37N3O. The van der Waals surface area contributed by atoms with Crippen molar-refractivity contribution in [1.29, 1.82) is 0 Å². The molecule has 0 radical (unpaired) electrons. The average Bonchev–Trinajstić information content (AvgIpc) is 3.52. The van der Waals surface area contributed by atoms with E-state index < -0.39 is 0 Å². The maximum Gasteiger partial charge on any atom is 0.227 e. The molecule has 7 aromatic rings. The van der Waals surface area contributed by atoms with Crippen LogP contribution in [0.1, 0.15) is 38.8 Å². The zero-order valence-corrected chi connectivity index (χ0v) is 26.3. The van der Waals surface area contributed by atoms with Gasteiger partial charge in [-0.05, 0) is 71.2 Å². The summed E-state index contributed by atoms with van der Waals surface area (Å²) >= 11 is 0. The molecule has 2 aromatic heterocycles. The SMILES string of the molecule is CC(C)Cc1ccc(CC(C)C)c2oc(-c3ccc(-c4ccc(-c5nc6ccccc6nc5-c5ccccc5)cc4)cc3)nc12. The van der Waals surface area contributed by atoms with Gasteiger partial charge in [0.2, 0.25) is 5.89 Å². The lowest BCUT2D eigenvalue weighted by Gasteiger charge is -2.11. The van der Waals surface area contributed by atoms with E-state index in [1.54, 1.807) is 0 Å². The molecule has 0 atom stereocenters. The molecular weight excluding hydrogens is 550 g/mol. The predicted molar refractivity (Wildman–Crippen MR) is 186 cm³/mol. The summed E-state index contributed by atoms with van der Waals surface area (Å²) in [6.07, 6.45) is 1.96. The third-order valence-corrected chi connectivity index (χ3v) is 8.21. The molecule has 0 saturated carbocycles. The van der Waals surface area contributed by atoms with Gasteiger partial charge in [0.1, 0.15) is 5.52 Å². The minimum atomic E-state index is 0.543. The summed E-state index contributed by atoms with van der Waals surface area (Å²) in [4.78, 5) is 15.1. The van der Waals surface area contributed by atoms with Crippen LogP contribution in [-0.4, -0.2) is 15.0 Å². The van der Waals surface area contributed by atoms with Crippen LogP contribution in [0.15, 0.2) is 120 Å². The standard InChI is InChI=1S/C41H37N3O/c1-26(2)24-33-22-23-34(25-27(3)4)40-39(33)44-41(45-40)32-20-16-29(17-21-32)28-14-18-31(19-15-28)38-37(30-10-6-5-7-11-30)42-35-12-8-9-13-36(35)43-38/h5-23,26-27H,24-25H2,1-4H3. The highest BCUT2D eigenvalue weighted by atomic mass is 16.3. The van der Waals surface area contributed by atoms with Crippen molar-refractivity contribution in [2.45, 2.75) is 40.5 Å². The van der Waals surface area contributed by atoms with E-state index >= 15 is 0 Å². The van der Waals surface area contributed by atoms with Gasteiger partial charge in [-0.3, -0.25) is 0 Å². The molecule has 5 aromatic carbocycles. The van der Waals surface area contributed by atoms with Crippen LogP contribution in [-0.2, 0) is 12.8 Å². The number of aromatic nitrogens is 3. The molecule has 0 aliphatic heterocycles. The van der Waals surface area contributed by atoms with Crippen molar-refractivity contribution in [2.75, 3.05) is 0 Å². The largest absolute Gasteiger partial charge is 0.436 e. The number of rotatable bonds is 8. The Morgan fingerprint density at radius 1 is 0.467 bits per heavy atom. The predicted octanol–water partition coefficient (Wildman–Crippen LogP) is 10.8. The van der Waals surface area contributed by atoms with Crippen LogP contribution in [0, 0.1) is 11.8 Å². The van der Waals surface area contributed by atoms with Crippen molar-refractivity contribution in [1.82, 2.24) is 15.0 Å². The van der Waals surface area contributed by atoms with E-state index in [9.17, 15) is 0 Å². The normalized spacial score (nSPS) is 11.7. The number of nitrogens with zero attached hydrogens (tertiary/aromatic N) is 3. The Kier molecular flexibility index (Phi) is 7.72. The molecule has 0 amide bonds. The average molecular weight is 588 g/mol. The molecule has 4 nitrogen and oxygen atoms in total. The van der Waals surface area contributed by atoms with Crippen LogP contribution in [0.25, 0.3) is 67.2 Å². The summed E-state index contributed by atoms with van der Waals surface area (Å²) in [5.74, 6) is 1.77. The van der Waals surface area contributed by atoms with E-state index in [1.165, 1.54) is 11.1 Å². The Morgan fingerprint density at radius 2 is 0.933 bits per heavy atom. The minimum Gasteiger partial charge on any atom is -0.436 e. The van der Waals surface area contributed by atoms with E-state index in [0.29, 0.717) is 17.7 Å². The molecule has 0 saturated heterocycles. The molecule has 7 rings (SSSR count). The Morgan fingerprint density at radius 3 is 1.51 bits per heavy atom. The van der Waals surface area contributed by atoms with Crippen LogP contribution >= 0.6 is 0 Å². The quantitative estimate of drug-likeness (QED) is 0.177. The van der Waals surface area contributed by atoms with Crippen molar-refractivity contribution in [3.63, 3.8) is 0 Å². The van der Waals surface area contributed by atoms with Crippen LogP contribution in [0.2, 0.25) is 0 Å². The van der Waals surface area contributed by atoms with Crippen molar-refractivity contribution in [3.05, 3.63) is 126 Å². The van der Waals surface area contributed by atoms with E-state index in [1.807, 2.05) is 42.5 Å². The summed E-state index contributed by atoms with van der Waals surface area (Å²) in [7, 11) is 0. The smallest absolute Gasteiger partial charge is 0.227 e. The highest BCUT2D eigenvalue weighted by Gasteiger charge is 2.18. The zero-order chi connectivity index (χ0) is 30.9. The first-order valence-corrected chi connectivity index (χ1v) is 15.9. The number of para-hydroxylation sites is 2. The Balaban J connectivity index is 1.20. The minimum absolute atomic E-state index is 0.543. The first kappa shape index (κ1) is 28.7. The fourth-order valence-electron chi connectivity index (χ4n) is 6.06. The van der Waals surface area contributed by atoms with Gasteiger partial charge >= 0.3 is 0 Å². The lowest BCUT2D eigenvalue weighted by atomic mass is 9.96. The van der Waals surface area contributed by atoms with Crippen molar-refractivity contribution in [3.8, 4) is 45.1 Å². The maximum atomic E-state index is 6.47. The highest BCUT2D eigenvalue weighted by molar-refractivity contribution is 5.87. The van der Waals surface area contributed by atoms with Gasteiger partial charge in [0.05, 0.1) is 22.4 Å². The van der Waals surface area contributed by atoms with Gasteiger partial charge in [-0.1, -0.05) is 119 Å². The molecule has 0 aliphatic rings. The summed E-state index contributed by atoms with van der Waals surface area (Å²) in [5.41, 5.74) is 13.3. The van der Waals surface area contributed by atoms with Gasteiger partial charge in [0.15, 0.2) is 5.58 Å². The third-order valence-electron chi connectivity index (χ3n) is 8.21. The number of oxazole rings is 1. The molecule has 0 spiro atoms.